The molecule has 3 rings (SSSR count). The van der Waals surface area contributed by atoms with Crippen molar-refractivity contribution in [3.05, 3.63) is 60.2 Å². The Morgan fingerprint density at radius 2 is 1.72 bits per heavy atom. The Bertz CT molecular complexity index is 1060. The molecule has 0 saturated carbocycles. The molecule has 10 heteroatoms. The van der Waals surface area contributed by atoms with Crippen LogP contribution < -0.4 is 15.0 Å². The smallest absolute Gasteiger partial charge is 0.281 e. The molecule has 0 spiro atoms. The highest BCUT2D eigenvalue weighted by atomic mass is 32.2. The van der Waals surface area contributed by atoms with Crippen LogP contribution in [0, 0.1) is 0 Å². The van der Waals surface area contributed by atoms with Gasteiger partial charge in [-0.1, -0.05) is 42.5 Å². The molecule has 0 bridgehead atoms. The zero-order valence-corrected chi connectivity index (χ0v) is 19.2. The molecule has 1 heterocycles. The lowest BCUT2D eigenvalue weighted by atomic mass is 10.1. The van der Waals surface area contributed by atoms with E-state index in [0.29, 0.717) is 24.4 Å². The van der Waals surface area contributed by atoms with E-state index in [-0.39, 0.29) is 19.0 Å². The van der Waals surface area contributed by atoms with Gasteiger partial charge in [-0.2, -0.15) is 17.0 Å². The Balaban J connectivity index is 1.69. The fourth-order valence-electron chi connectivity index (χ4n) is 3.33. The summed E-state index contributed by atoms with van der Waals surface area (Å²) in [6.45, 7) is 0.0577. The molecule has 172 valence electrons. The van der Waals surface area contributed by atoms with Gasteiger partial charge in [-0.05, 0) is 24.1 Å². The molecule has 32 heavy (non-hydrogen) atoms. The van der Waals surface area contributed by atoms with Crippen LogP contribution in [0.5, 0.6) is 5.75 Å². The summed E-state index contributed by atoms with van der Waals surface area (Å²) in [7, 11) is 0.391. The Morgan fingerprint density at radius 3 is 2.41 bits per heavy atom. The zero-order valence-electron chi connectivity index (χ0n) is 18.4. The summed E-state index contributed by atoms with van der Waals surface area (Å²) in [5.41, 5.74) is 1.60. The van der Waals surface area contributed by atoms with Crippen molar-refractivity contribution in [2.75, 3.05) is 45.7 Å². The van der Waals surface area contributed by atoms with Crippen LogP contribution in [-0.4, -0.2) is 75.7 Å². The Hall–Kier alpha value is -2.95. The van der Waals surface area contributed by atoms with E-state index in [2.05, 4.69) is 5.32 Å². The highest BCUT2D eigenvalue weighted by Crippen LogP contribution is 2.33. The summed E-state index contributed by atoms with van der Waals surface area (Å²) >= 11 is 0. The van der Waals surface area contributed by atoms with E-state index in [1.807, 2.05) is 30.3 Å². The SMILES string of the molecule is CN(C)S(=O)(=O)N(C)CC(=O)N1C[C@H](C(=O)NCCc2ccccc2)Oc2ccccc21. The number of likely N-dealkylation sites (N-methyl/N-ethyl adjacent to an activating group) is 1. The first-order valence-corrected chi connectivity index (χ1v) is 11.6. The molecule has 0 unspecified atom stereocenters. The van der Waals surface area contributed by atoms with Crippen LogP contribution in [0.4, 0.5) is 5.69 Å². The number of rotatable bonds is 8. The third kappa shape index (κ3) is 5.45. The highest BCUT2D eigenvalue weighted by Gasteiger charge is 2.35. The minimum absolute atomic E-state index is 0.0110. The summed E-state index contributed by atoms with van der Waals surface area (Å²) in [4.78, 5) is 27.2. The Kier molecular flexibility index (Phi) is 7.49. The van der Waals surface area contributed by atoms with Gasteiger partial charge in [-0.15, -0.1) is 0 Å². The number of anilines is 1. The lowest BCUT2D eigenvalue weighted by Crippen LogP contribution is -2.53. The number of para-hydroxylation sites is 2. The van der Waals surface area contributed by atoms with Crippen LogP contribution in [0.3, 0.4) is 0 Å². The fourth-order valence-corrected chi connectivity index (χ4v) is 4.16. The van der Waals surface area contributed by atoms with Crippen molar-refractivity contribution in [1.82, 2.24) is 13.9 Å². The van der Waals surface area contributed by atoms with Gasteiger partial charge in [0.15, 0.2) is 6.10 Å². The molecule has 1 atom stereocenters. The second kappa shape index (κ2) is 10.1. The van der Waals surface area contributed by atoms with E-state index in [4.69, 9.17) is 4.74 Å². The van der Waals surface area contributed by atoms with E-state index in [1.54, 1.807) is 24.3 Å². The van der Waals surface area contributed by atoms with Crippen LogP contribution in [0.25, 0.3) is 0 Å². The third-order valence-corrected chi connectivity index (χ3v) is 6.98. The first-order valence-electron chi connectivity index (χ1n) is 10.2. The average molecular weight is 461 g/mol. The molecule has 0 saturated heterocycles. The molecular formula is C22H28N4O5S. The van der Waals surface area contributed by atoms with Crippen molar-refractivity contribution in [2.24, 2.45) is 0 Å². The number of hydrogen-bond donors (Lipinski definition) is 1. The molecular weight excluding hydrogens is 432 g/mol. The van der Waals surface area contributed by atoms with Crippen molar-refractivity contribution in [2.45, 2.75) is 12.5 Å². The summed E-state index contributed by atoms with van der Waals surface area (Å²) < 4.78 is 32.4. The molecule has 0 aliphatic carbocycles. The summed E-state index contributed by atoms with van der Waals surface area (Å²) in [5, 5.41) is 2.86. The number of fused-ring (bicyclic) bond motifs is 1. The number of amides is 2. The van der Waals surface area contributed by atoms with Crippen LogP contribution in [0.2, 0.25) is 0 Å². The molecule has 1 aliphatic heterocycles. The maximum absolute atomic E-state index is 13.0. The number of hydrogen-bond acceptors (Lipinski definition) is 5. The molecule has 0 aromatic heterocycles. The largest absolute Gasteiger partial charge is 0.477 e. The van der Waals surface area contributed by atoms with Crippen molar-refractivity contribution < 1.29 is 22.7 Å². The second-order valence-electron chi connectivity index (χ2n) is 7.65. The minimum atomic E-state index is -3.75. The van der Waals surface area contributed by atoms with Gasteiger partial charge in [0.25, 0.3) is 16.1 Å². The monoisotopic (exact) mass is 460 g/mol. The normalized spacial score (nSPS) is 15.9. The van der Waals surface area contributed by atoms with Gasteiger partial charge in [0.1, 0.15) is 5.75 Å². The fraction of sp³-hybridized carbons (Fsp3) is 0.364. The lowest BCUT2D eigenvalue weighted by molar-refractivity contribution is -0.128. The third-order valence-electron chi connectivity index (χ3n) is 5.14. The van der Waals surface area contributed by atoms with Crippen molar-refractivity contribution in [3.8, 4) is 5.75 Å². The summed E-state index contributed by atoms with van der Waals surface area (Å²) in [5.74, 6) is -0.383. The first kappa shape index (κ1) is 23.7. The van der Waals surface area contributed by atoms with Gasteiger partial charge >= 0.3 is 0 Å². The predicted molar refractivity (Wildman–Crippen MR) is 122 cm³/mol. The Labute approximate surface area is 188 Å². The summed E-state index contributed by atoms with van der Waals surface area (Å²) in [6, 6.07) is 16.7. The van der Waals surface area contributed by atoms with Gasteiger partial charge in [0, 0.05) is 27.7 Å². The maximum atomic E-state index is 13.0. The van der Waals surface area contributed by atoms with Gasteiger partial charge in [-0.3, -0.25) is 9.59 Å². The van der Waals surface area contributed by atoms with Crippen LogP contribution in [0.15, 0.2) is 54.6 Å². The lowest BCUT2D eigenvalue weighted by Gasteiger charge is -2.35. The number of carbonyl (C=O) groups excluding carboxylic acids is 2. The van der Waals surface area contributed by atoms with Crippen LogP contribution in [0.1, 0.15) is 5.56 Å². The van der Waals surface area contributed by atoms with Crippen molar-refractivity contribution in [3.63, 3.8) is 0 Å². The second-order valence-corrected chi connectivity index (χ2v) is 9.90. The van der Waals surface area contributed by atoms with E-state index >= 15 is 0 Å². The average Bonchev–Trinajstić information content (AvgIpc) is 2.78. The van der Waals surface area contributed by atoms with E-state index in [1.165, 1.54) is 26.0 Å². The zero-order chi connectivity index (χ0) is 23.3. The van der Waals surface area contributed by atoms with E-state index in [0.717, 1.165) is 14.2 Å². The van der Waals surface area contributed by atoms with Crippen LogP contribution >= 0.6 is 0 Å². The molecule has 9 nitrogen and oxygen atoms in total. The summed E-state index contributed by atoms with van der Waals surface area (Å²) in [6.07, 6.45) is -0.230. The number of nitrogens with zero attached hydrogens (tertiary/aromatic N) is 3. The first-order chi connectivity index (χ1) is 15.2. The molecule has 2 aromatic carbocycles. The minimum Gasteiger partial charge on any atom is -0.477 e. The topological polar surface area (TPSA) is 99.3 Å². The number of nitrogens with one attached hydrogen (secondary N) is 1. The number of ether oxygens (including phenoxy) is 1. The molecule has 2 amide bonds. The van der Waals surface area contributed by atoms with Gasteiger partial charge < -0.3 is 15.0 Å². The van der Waals surface area contributed by atoms with E-state index < -0.39 is 22.2 Å². The molecule has 1 aliphatic rings. The quantitative estimate of drug-likeness (QED) is 0.631. The van der Waals surface area contributed by atoms with Gasteiger partial charge in [-0.25, -0.2) is 0 Å². The molecule has 0 radical (unpaired) electrons. The Morgan fingerprint density at radius 1 is 1.06 bits per heavy atom. The van der Waals surface area contributed by atoms with Crippen molar-refractivity contribution in [1.29, 1.82) is 0 Å². The van der Waals surface area contributed by atoms with Gasteiger partial charge in [0.2, 0.25) is 5.91 Å². The standard InChI is InChI=1S/C22H28N4O5S/c1-24(2)32(29,30)25(3)16-21(27)26-15-20(31-19-12-8-7-11-18(19)26)22(28)23-14-13-17-9-5-4-6-10-17/h4-12,20H,13-16H2,1-3H3,(H,23,28)/t20-/m1/s1. The van der Waals surface area contributed by atoms with Gasteiger partial charge in [0.05, 0.1) is 18.8 Å². The van der Waals surface area contributed by atoms with Crippen LogP contribution in [-0.2, 0) is 26.2 Å². The molecule has 2 aromatic rings. The number of carbonyl (C=O) groups is 2. The molecule has 0 fully saturated rings. The molecule has 1 N–H and O–H groups in total. The maximum Gasteiger partial charge on any atom is 0.281 e. The number of benzene rings is 2. The van der Waals surface area contributed by atoms with Crippen molar-refractivity contribution >= 4 is 27.7 Å². The predicted octanol–water partition coefficient (Wildman–Crippen LogP) is 0.878. The highest BCUT2D eigenvalue weighted by molar-refractivity contribution is 7.86. The van der Waals surface area contributed by atoms with E-state index in [9.17, 15) is 18.0 Å².